The van der Waals surface area contributed by atoms with Crippen LogP contribution in [-0.2, 0) is 9.59 Å². The van der Waals surface area contributed by atoms with Gasteiger partial charge in [0.25, 0.3) is 5.91 Å². The van der Waals surface area contributed by atoms with Crippen molar-refractivity contribution in [2.24, 2.45) is 11.8 Å². The van der Waals surface area contributed by atoms with E-state index in [-0.39, 0.29) is 17.7 Å². The molecule has 1 aromatic rings. The lowest BCUT2D eigenvalue weighted by molar-refractivity contribution is -0.126. The third-order valence-corrected chi connectivity index (χ3v) is 3.87. The summed E-state index contributed by atoms with van der Waals surface area (Å²) in [5, 5.41) is 2.85. The average molecular weight is 279 g/mol. The highest BCUT2D eigenvalue weighted by atomic mass is 35.5. The molecule has 2 aliphatic rings. The molecular formula is C13H11ClN2O3. The smallest absolute Gasteiger partial charge is 0.253 e. The lowest BCUT2D eigenvalue weighted by Gasteiger charge is -2.17. The number of halogens is 1. The van der Waals surface area contributed by atoms with Crippen LogP contribution in [0.4, 0.5) is 0 Å². The summed E-state index contributed by atoms with van der Waals surface area (Å²) in [5.74, 6) is -1.53. The van der Waals surface area contributed by atoms with Gasteiger partial charge in [0.05, 0.1) is 11.8 Å². The lowest BCUT2D eigenvalue weighted by atomic mass is 10.00. The molecule has 19 heavy (non-hydrogen) atoms. The Morgan fingerprint density at radius 1 is 1.11 bits per heavy atom. The van der Waals surface area contributed by atoms with Crippen molar-refractivity contribution in [3.05, 3.63) is 34.9 Å². The number of carbonyl (C=O) groups is 3. The van der Waals surface area contributed by atoms with Crippen LogP contribution in [0.15, 0.2) is 24.3 Å². The van der Waals surface area contributed by atoms with Gasteiger partial charge in [-0.25, -0.2) is 0 Å². The molecule has 2 fully saturated rings. The summed E-state index contributed by atoms with van der Waals surface area (Å²) in [6, 6.07) is 6.56. The van der Waals surface area contributed by atoms with Gasteiger partial charge in [-0.1, -0.05) is 11.6 Å². The Bertz CT molecular complexity index is 548. The molecule has 1 N–H and O–H groups in total. The van der Waals surface area contributed by atoms with Gasteiger partial charge in [0.1, 0.15) is 0 Å². The van der Waals surface area contributed by atoms with Gasteiger partial charge in [-0.2, -0.15) is 0 Å². The number of nitrogens with zero attached hydrogens (tertiary/aromatic N) is 1. The van der Waals surface area contributed by atoms with Crippen molar-refractivity contribution >= 4 is 29.3 Å². The summed E-state index contributed by atoms with van der Waals surface area (Å²) >= 11 is 5.77. The second kappa shape index (κ2) is 4.35. The van der Waals surface area contributed by atoms with E-state index in [1.54, 1.807) is 29.2 Å². The zero-order valence-electron chi connectivity index (χ0n) is 9.93. The summed E-state index contributed by atoms with van der Waals surface area (Å²) in [5.41, 5.74) is 0.511. The maximum atomic E-state index is 12.2. The van der Waals surface area contributed by atoms with Crippen LogP contribution in [0.2, 0.25) is 5.02 Å². The van der Waals surface area contributed by atoms with E-state index in [4.69, 9.17) is 11.6 Å². The van der Waals surface area contributed by atoms with Crippen LogP contribution in [0.25, 0.3) is 0 Å². The van der Waals surface area contributed by atoms with Gasteiger partial charge in [-0.15, -0.1) is 0 Å². The molecule has 2 saturated heterocycles. The molecule has 0 saturated carbocycles. The number of imide groups is 1. The number of carbonyl (C=O) groups excluding carboxylic acids is 3. The molecule has 0 bridgehead atoms. The molecule has 0 radical (unpaired) electrons. The summed E-state index contributed by atoms with van der Waals surface area (Å²) < 4.78 is 0. The Morgan fingerprint density at radius 2 is 1.63 bits per heavy atom. The summed E-state index contributed by atoms with van der Waals surface area (Å²) in [6.45, 7) is 0.591. The fraction of sp³-hybridized carbons (Fsp3) is 0.308. The van der Waals surface area contributed by atoms with Gasteiger partial charge >= 0.3 is 0 Å². The second-order valence-corrected chi connectivity index (χ2v) is 5.22. The molecule has 2 aliphatic heterocycles. The maximum Gasteiger partial charge on any atom is 0.253 e. The zero-order chi connectivity index (χ0) is 13.6. The highest BCUT2D eigenvalue weighted by Crippen LogP contribution is 2.29. The Balaban J connectivity index is 1.78. The molecule has 6 heteroatoms. The fourth-order valence-corrected chi connectivity index (χ4v) is 2.71. The average Bonchev–Trinajstić information content (AvgIpc) is 2.93. The second-order valence-electron chi connectivity index (χ2n) is 4.78. The lowest BCUT2D eigenvalue weighted by Crippen LogP contribution is -2.35. The molecule has 3 amide bonds. The third kappa shape index (κ3) is 2.00. The van der Waals surface area contributed by atoms with Crippen LogP contribution in [-0.4, -0.2) is 35.7 Å². The van der Waals surface area contributed by atoms with Crippen LogP contribution >= 0.6 is 11.6 Å². The van der Waals surface area contributed by atoms with Crippen molar-refractivity contribution < 1.29 is 14.4 Å². The molecule has 0 aliphatic carbocycles. The van der Waals surface area contributed by atoms with E-state index in [1.165, 1.54) is 0 Å². The number of rotatable bonds is 1. The monoisotopic (exact) mass is 278 g/mol. The number of fused-ring (bicyclic) bond motifs is 1. The normalized spacial score (nSPS) is 25.4. The molecule has 3 rings (SSSR count). The Labute approximate surface area is 114 Å². The van der Waals surface area contributed by atoms with Gasteiger partial charge in [-0.05, 0) is 24.3 Å². The molecule has 5 nitrogen and oxygen atoms in total. The van der Waals surface area contributed by atoms with Crippen molar-refractivity contribution in [3.63, 3.8) is 0 Å². The van der Waals surface area contributed by atoms with E-state index >= 15 is 0 Å². The first kappa shape index (κ1) is 12.2. The Hall–Kier alpha value is -1.88. The molecule has 0 spiro atoms. The van der Waals surface area contributed by atoms with Crippen molar-refractivity contribution in [1.29, 1.82) is 0 Å². The standard InChI is InChI=1S/C13H11ClN2O3/c14-8-3-1-7(2-4-8)13(19)16-5-9-10(6-16)12(18)15-11(9)17/h1-4,9-10H,5-6H2,(H,15,17,18)/t9-,10+. The van der Waals surface area contributed by atoms with Crippen LogP contribution in [0, 0.1) is 11.8 Å². The first-order chi connectivity index (χ1) is 9.06. The van der Waals surface area contributed by atoms with Crippen LogP contribution in [0.1, 0.15) is 10.4 Å². The third-order valence-electron chi connectivity index (χ3n) is 3.62. The van der Waals surface area contributed by atoms with E-state index < -0.39 is 11.8 Å². The summed E-state index contributed by atoms with van der Waals surface area (Å²) in [6.07, 6.45) is 0. The van der Waals surface area contributed by atoms with Crippen molar-refractivity contribution in [3.8, 4) is 0 Å². The van der Waals surface area contributed by atoms with E-state index in [1.807, 2.05) is 0 Å². The quantitative estimate of drug-likeness (QED) is 0.769. The minimum Gasteiger partial charge on any atom is -0.337 e. The number of amides is 3. The van der Waals surface area contributed by atoms with E-state index in [2.05, 4.69) is 5.32 Å². The molecule has 0 unspecified atom stereocenters. The minimum atomic E-state index is -0.399. The number of nitrogens with one attached hydrogen (secondary N) is 1. The van der Waals surface area contributed by atoms with E-state index in [0.29, 0.717) is 23.7 Å². The van der Waals surface area contributed by atoms with E-state index in [0.717, 1.165) is 0 Å². The van der Waals surface area contributed by atoms with E-state index in [9.17, 15) is 14.4 Å². The van der Waals surface area contributed by atoms with Gasteiger partial charge in [0.2, 0.25) is 11.8 Å². The molecule has 1 aromatic carbocycles. The van der Waals surface area contributed by atoms with Crippen LogP contribution < -0.4 is 5.32 Å². The Morgan fingerprint density at radius 3 is 2.16 bits per heavy atom. The minimum absolute atomic E-state index is 0.174. The molecule has 2 heterocycles. The largest absolute Gasteiger partial charge is 0.337 e. The van der Waals surface area contributed by atoms with Crippen LogP contribution in [0.5, 0.6) is 0 Å². The molecular weight excluding hydrogens is 268 g/mol. The number of hydrogen-bond donors (Lipinski definition) is 1. The molecule has 0 aromatic heterocycles. The number of hydrogen-bond acceptors (Lipinski definition) is 3. The number of likely N-dealkylation sites (tertiary alicyclic amines) is 1. The first-order valence-corrected chi connectivity index (χ1v) is 6.33. The molecule has 2 atom stereocenters. The predicted molar refractivity (Wildman–Crippen MR) is 67.5 cm³/mol. The van der Waals surface area contributed by atoms with Gasteiger partial charge in [0, 0.05) is 23.7 Å². The fourth-order valence-electron chi connectivity index (χ4n) is 2.58. The summed E-state index contributed by atoms with van der Waals surface area (Å²) in [7, 11) is 0. The van der Waals surface area contributed by atoms with Gasteiger partial charge < -0.3 is 4.90 Å². The van der Waals surface area contributed by atoms with Crippen molar-refractivity contribution in [2.45, 2.75) is 0 Å². The van der Waals surface area contributed by atoms with Gasteiger partial charge in [0.15, 0.2) is 0 Å². The topological polar surface area (TPSA) is 66.5 Å². The predicted octanol–water partition coefficient (Wildman–Crippen LogP) is 0.685. The number of benzene rings is 1. The first-order valence-electron chi connectivity index (χ1n) is 5.96. The molecule has 98 valence electrons. The highest BCUT2D eigenvalue weighted by Gasteiger charge is 2.48. The highest BCUT2D eigenvalue weighted by molar-refractivity contribution is 6.30. The zero-order valence-corrected chi connectivity index (χ0v) is 10.7. The maximum absolute atomic E-state index is 12.2. The van der Waals surface area contributed by atoms with Crippen LogP contribution in [0.3, 0.4) is 0 Å². The van der Waals surface area contributed by atoms with Gasteiger partial charge in [-0.3, -0.25) is 19.7 Å². The van der Waals surface area contributed by atoms with Crippen molar-refractivity contribution in [1.82, 2.24) is 10.2 Å². The van der Waals surface area contributed by atoms with Crippen molar-refractivity contribution in [2.75, 3.05) is 13.1 Å². The Kier molecular flexibility index (Phi) is 2.78. The SMILES string of the molecule is O=C1NC(=O)[C@@H]2CN(C(=O)c3ccc(Cl)cc3)C[C@H]12. The summed E-state index contributed by atoms with van der Waals surface area (Å²) in [4.78, 5) is 36.8.